The molecule has 6 heteroatoms. The van der Waals surface area contributed by atoms with E-state index in [2.05, 4.69) is 0 Å². The average molecular weight is 356 g/mol. The lowest BCUT2D eigenvalue weighted by Crippen LogP contribution is -2.34. The van der Waals surface area contributed by atoms with Crippen LogP contribution in [-0.2, 0) is 11.4 Å². The first-order chi connectivity index (χ1) is 12.4. The monoisotopic (exact) mass is 356 g/mol. The van der Waals surface area contributed by atoms with Crippen LogP contribution in [0.3, 0.4) is 0 Å². The molecule has 0 saturated heterocycles. The molecule has 26 heavy (non-hydrogen) atoms. The lowest BCUT2D eigenvalue weighted by Gasteiger charge is -2.25. The highest BCUT2D eigenvalue weighted by molar-refractivity contribution is 5.79. The maximum Gasteiger partial charge on any atom is 0.225 e. The van der Waals surface area contributed by atoms with Crippen LogP contribution >= 0.6 is 0 Å². The molecule has 2 atom stereocenters. The van der Waals surface area contributed by atoms with Gasteiger partial charge in [-0.2, -0.15) is 0 Å². The lowest BCUT2D eigenvalue weighted by molar-refractivity contribution is -0.484. The van der Waals surface area contributed by atoms with E-state index >= 15 is 0 Å². The Morgan fingerprint density at radius 2 is 1.73 bits per heavy atom. The summed E-state index contributed by atoms with van der Waals surface area (Å²) in [5.74, 6) is -0.667. The molecule has 0 heterocycles. The van der Waals surface area contributed by atoms with Gasteiger partial charge in [-0.25, -0.2) is 0 Å². The summed E-state index contributed by atoms with van der Waals surface area (Å²) in [7, 11) is 3.31. The topological polar surface area (TPSA) is 72.7 Å². The number of amides is 1. The van der Waals surface area contributed by atoms with Crippen LogP contribution in [0.1, 0.15) is 24.0 Å². The quantitative estimate of drug-likeness (QED) is 0.537. The Kier molecular flexibility index (Phi) is 6.72. The summed E-state index contributed by atoms with van der Waals surface area (Å²) in [6.07, 6.45) is 0. The molecule has 6 nitrogen and oxygen atoms in total. The Balaban J connectivity index is 2.29. The second-order valence-corrected chi connectivity index (χ2v) is 6.46. The van der Waals surface area contributed by atoms with Crippen molar-refractivity contribution in [2.24, 2.45) is 5.92 Å². The zero-order valence-electron chi connectivity index (χ0n) is 15.3. The van der Waals surface area contributed by atoms with E-state index in [9.17, 15) is 14.9 Å². The second-order valence-electron chi connectivity index (χ2n) is 6.46. The predicted molar refractivity (Wildman–Crippen MR) is 99.7 cm³/mol. The van der Waals surface area contributed by atoms with Crippen molar-refractivity contribution in [2.45, 2.75) is 19.4 Å². The predicted octanol–water partition coefficient (Wildman–Crippen LogP) is 3.35. The highest BCUT2D eigenvalue weighted by atomic mass is 16.6. The molecule has 0 aliphatic carbocycles. The first-order valence-corrected chi connectivity index (χ1v) is 8.48. The van der Waals surface area contributed by atoms with Crippen molar-refractivity contribution in [3.8, 4) is 5.75 Å². The largest absolute Gasteiger partial charge is 0.489 e. The van der Waals surface area contributed by atoms with Gasteiger partial charge >= 0.3 is 0 Å². The van der Waals surface area contributed by atoms with Gasteiger partial charge < -0.3 is 9.64 Å². The standard InChI is InChI=1S/C20H24N2O4/c1-15(20(23)21(2)3)18(13-22(24)25)17-11-7-8-12-19(17)26-14-16-9-5-4-6-10-16/h4-12,15,18H,13-14H2,1-3H3. The molecule has 1 amide bonds. The maximum atomic E-state index is 12.4. The van der Waals surface area contributed by atoms with E-state index in [1.807, 2.05) is 42.5 Å². The molecule has 138 valence electrons. The number of nitrogens with zero attached hydrogens (tertiary/aromatic N) is 2. The van der Waals surface area contributed by atoms with Crippen LogP contribution in [0.25, 0.3) is 0 Å². The Bertz CT molecular complexity index is 746. The SMILES string of the molecule is CC(C(=O)N(C)C)C(C[N+](=O)[O-])c1ccccc1OCc1ccccc1. The van der Waals surface area contributed by atoms with E-state index < -0.39 is 11.8 Å². The minimum absolute atomic E-state index is 0.144. The van der Waals surface area contributed by atoms with Crippen molar-refractivity contribution in [2.75, 3.05) is 20.6 Å². The van der Waals surface area contributed by atoms with Gasteiger partial charge in [0.1, 0.15) is 12.4 Å². The van der Waals surface area contributed by atoms with Gasteiger partial charge in [-0.1, -0.05) is 55.5 Å². The van der Waals surface area contributed by atoms with Gasteiger partial charge in [0.2, 0.25) is 12.5 Å². The van der Waals surface area contributed by atoms with Crippen molar-refractivity contribution < 1.29 is 14.5 Å². The van der Waals surface area contributed by atoms with Gasteiger partial charge in [0.25, 0.3) is 0 Å². The molecule has 0 saturated carbocycles. The molecular formula is C20H24N2O4. The molecule has 2 unspecified atom stereocenters. The Labute approximate surface area is 153 Å². The van der Waals surface area contributed by atoms with Crippen LogP contribution in [0.2, 0.25) is 0 Å². The second kappa shape index (κ2) is 8.99. The third-order valence-corrected chi connectivity index (χ3v) is 4.34. The van der Waals surface area contributed by atoms with Crippen LogP contribution in [0, 0.1) is 16.0 Å². The summed E-state index contributed by atoms with van der Waals surface area (Å²) in [4.78, 5) is 24.7. The van der Waals surface area contributed by atoms with Gasteiger partial charge in [-0.3, -0.25) is 14.9 Å². The van der Waals surface area contributed by atoms with Crippen LogP contribution in [0.4, 0.5) is 0 Å². The Morgan fingerprint density at radius 1 is 1.12 bits per heavy atom. The molecule has 0 aliphatic rings. The highest BCUT2D eigenvalue weighted by Crippen LogP contribution is 2.33. The minimum atomic E-state index is -0.563. The van der Waals surface area contributed by atoms with Crippen molar-refractivity contribution in [1.29, 1.82) is 0 Å². The molecule has 0 spiro atoms. The van der Waals surface area contributed by atoms with Crippen LogP contribution < -0.4 is 4.74 Å². The fourth-order valence-corrected chi connectivity index (χ4v) is 2.92. The van der Waals surface area contributed by atoms with E-state index in [0.29, 0.717) is 17.9 Å². The third kappa shape index (κ3) is 5.05. The molecule has 0 aliphatic heterocycles. The third-order valence-electron chi connectivity index (χ3n) is 4.34. The average Bonchev–Trinajstić information content (AvgIpc) is 2.64. The maximum absolute atomic E-state index is 12.4. The first kappa shape index (κ1) is 19.4. The van der Waals surface area contributed by atoms with Gasteiger partial charge in [0.05, 0.1) is 5.92 Å². The van der Waals surface area contributed by atoms with E-state index in [1.54, 1.807) is 33.2 Å². The molecule has 2 rings (SSSR count). The van der Waals surface area contributed by atoms with E-state index in [-0.39, 0.29) is 17.4 Å². The molecular weight excluding hydrogens is 332 g/mol. The lowest BCUT2D eigenvalue weighted by atomic mass is 9.85. The molecule has 0 aromatic heterocycles. The molecule has 0 N–H and O–H groups in total. The Hall–Kier alpha value is -2.89. The van der Waals surface area contributed by atoms with E-state index in [1.165, 1.54) is 4.90 Å². The zero-order chi connectivity index (χ0) is 19.1. The fourth-order valence-electron chi connectivity index (χ4n) is 2.92. The molecule has 0 fully saturated rings. The number of carbonyl (C=O) groups is 1. The van der Waals surface area contributed by atoms with Gasteiger partial charge in [0, 0.05) is 30.5 Å². The van der Waals surface area contributed by atoms with Gasteiger partial charge in [-0.15, -0.1) is 0 Å². The number of hydrogen-bond acceptors (Lipinski definition) is 4. The van der Waals surface area contributed by atoms with E-state index in [4.69, 9.17) is 4.74 Å². The number of ether oxygens (including phenoxy) is 1. The normalized spacial score (nSPS) is 12.9. The van der Waals surface area contributed by atoms with Crippen molar-refractivity contribution in [3.05, 3.63) is 75.8 Å². The number of benzene rings is 2. The molecule has 0 bridgehead atoms. The van der Waals surface area contributed by atoms with E-state index in [0.717, 1.165) is 5.56 Å². The Morgan fingerprint density at radius 3 is 2.35 bits per heavy atom. The number of hydrogen-bond donors (Lipinski definition) is 0. The minimum Gasteiger partial charge on any atom is -0.489 e. The summed E-state index contributed by atoms with van der Waals surface area (Å²) < 4.78 is 5.93. The highest BCUT2D eigenvalue weighted by Gasteiger charge is 2.32. The van der Waals surface area contributed by atoms with Gasteiger partial charge in [-0.05, 0) is 11.6 Å². The smallest absolute Gasteiger partial charge is 0.225 e. The van der Waals surface area contributed by atoms with Crippen LogP contribution in [-0.4, -0.2) is 36.4 Å². The van der Waals surface area contributed by atoms with Crippen LogP contribution in [0.15, 0.2) is 54.6 Å². The zero-order valence-corrected chi connectivity index (χ0v) is 15.3. The fraction of sp³-hybridized carbons (Fsp3) is 0.350. The summed E-state index contributed by atoms with van der Waals surface area (Å²) in [6.45, 7) is 1.76. The number of para-hydroxylation sites is 1. The number of rotatable bonds is 8. The summed E-state index contributed by atoms with van der Waals surface area (Å²) >= 11 is 0. The van der Waals surface area contributed by atoms with Crippen molar-refractivity contribution in [1.82, 2.24) is 4.90 Å². The van der Waals surface area contributed by atoms with Crippen molar-refractivity contribution in [3.63, 3.8) is 0 Å². The van der Waals surface area contributed by atoms with Crippen molar-refractivity contribution >= 4 is 5.91 Å². The summed E-state index contributed by atoms with van der Waals surface area (Å²) in [6, 6.07) is 16.9. The van der Waals surface area contributed by atoms with Gasteiger partial charge in [0.15, 0.2) is 0 Å². The molecule has 2 aromatic rings. The molecule has 2 aromatic carbocycles. The number of nitro groups is 1. The summed E-state index contributed by atoms with van der Waals surface area (Å²) in [5.41, 5.74) is 1.69. The first-order valence-electron chi connectivity index (χ1n) is 8.48. The number of carbonyl (C=O) groups excluding carboxylic acids is 1. The summed E-state index contributed by atoms with van der Waals surface area (Å²) in [5, 5.41) is 11.2. The van der Waals surface area contributed by atoms with Crippen LogP contribution in [0.5, 0.6) is 5.75 Å². The molecule has 0 radical (unpaired) electrons.